The van der Waals surface area contributed by atoms with Crippen molar-refractivity contribution in [2.45, 2.75) is 57.9 Å². The minimum Gasteiger partial charge on any atom is -0.313 e. The smallest absolute Gasteiger partial charge is 0.0129 e. The molecule has 0 aromatic carbocycles. The Morgan fingerprint density at radius 1 is 1.07 bits per heavy atom. The maximum atomic E-state index is 3.85. The fourth-order valence-electron chi connectivity index (χ4n) is 3.96. The predicted octanol–water partition coefficient (Wildman–Crippen LogP) is 3.20. The van der Waals surface area contributed by atoms with Crippen LogP contribution in [0.1, 0.15) is 51.9 Å². The molecule has 0 amide bonds. The molecule has 86 valence electrons. The number of hydrogen-bond donors (Lipinski definition) is 1. The zero-order valence-corrected chi connectivity index (χ0v) is 10.0. The monoisotopic (exact) mass is 207 g/mol. The predicted molar refractivity (Wildman–Crippen MR) is 63.7 cm³/mol. The number of rotatable bonds is 5. The Labute approximate surface area is 94.0 Å². The molecule has 3 rings (SSSR count). The molecule has 3 saturated carbocycles. The van der Waals surface area contributed by atoms with Crippen LogP contribution in [0, 0.1) is 23.7 Å². The fraction of sp³-hybridized carbons (Fsp3) is 1.00. The van der Waals surface area contributed by atoms with Gasteiger partial charge in [-0.3, -0.25) is 0 Å². The summed E-state index contributed by atoms with van der Waals surface area (Å²) in [6, 6.07) is 0.915. The summed E-state index contributed by atoms with van der Waals surface area (Å²) in [7, 11) is 0. The van der Waals surface area contributed by atoms with Crippen molar-refractivity contribution in [2.75, 3.05) is 6.54 Å². The molecule has 1 N–H and O–H groups in total. The highest BCUT2D eigenvalue weighted by Crippen LogP contribution is 2.59. The molecular weight excluding hydrogens is 182 g/mol. The molecular formula is C14H25N. The second kappa shape index (κ2) is 4.08. The van der Waals surface area contributed by atoms with E-state index in [4.69, 9.17) is 0 Å². The van der Waals surface area contributed by atoms with Crippen molar-refractivity contribution in [2.24, 2.45) is 23.7 Å². The quantitative estimate of drug-likeness (QED) is 0.730. The van der Waals surface area contributed by atoms with Gasteiger partial charge in [-0.05, 0) is 62.3 Å². The summed E-state index contributed by atoms with van der Waals surface area (Å²) in [5.74, 6) is 4.42. The summed E-state index contributed by atoms with van der Waals surface area (Å²) in [6.45, 7) is 3.54. The minimum absolute atomic E-state index is 0.915. The van der Waals surface area contributed by atoms with E-state index in [1.165, 1.54) is 38.6 Å². The van der Waals surface area contributed by atoms with E-state index in [0.29, 0.717) is 0 Å². The Morgan fingerprint density at radius 3 is 2.27 bits per heavy atom. The molecule has 0 bridgehead atoms. The molecule has 15 heavy (non-hydrogen) atoms. The highest BCUT2D eigenvalue weighted by atomic mass is 15.0. The third-order valence-electron chi connectivity index (χ3n) is 4.90. The molecule has 0 aromatic rings. The van der Waals surface area contributed by atoms with Gasteiger partial charge in [-0.2, -0.15) is 0 Å². The van der Waals surface area contributed by atoms with Crippen LogP contribution in [0.3, 0.4) is 0 Å². The summed E-state index contributed by atoms with van der Waals surface area (Å²) in [5, 5.41) is 3.85. The molecule has 1 nitrogen and oxygen atoms in total. The lowest BCUT2D eigenvalue weighted by atomic mass is 10.0. The van der Waals surface area contributed by atoms with Crippen molar-refractivity contribution >= 4 is 0 Å². The average Bonchev–Trinajstić information content (AvgIpc) is 3.13. The lowest BCUT2D eigenvalue weighted by Crippen LogP contribution is -2.34. The van der Waals surface area contributed by atoms with E-state index in [9.17, 15) is 0 Å². The molecule has 0 heterocycles. The number of fused-ring (bicyclic) bond motifs is 1. The van der Waals surface area contributed by atoms with E-state index in [1.807, 2.05) is 0 Å². The van der Waals surface area contributed by atoms with Crippen LogP contribution in [0.25, 0.3) is 0 Å². The van der Waals surface area contributed by atoms with Gasteiger partial charge in [-0.15, -0.1) is 0 Å². The van der Waals surface area contributed by atoms with Crippen LogP contribution in [-0.2, 0) is 0 Å². The van der Waals surface area contributed by atoms with E-state index >= 15 is 0 Å². The second-order valence-corrected chi connectivity index (χ2v) is 6.01. The Balaban J connectivity index is 1.58. The number of hydrogen-bond acceptors (Lipinski definition) is 1. The van der Waals surface area contributed by atoms with Crippen LogP contribution in [0.15, 0.2) is 0 Å². The van der Waals surface area contributed by atoms with Crippen molar-refractivity contribution in [1.82, 2.24) is 5.32 Å². The van der Waals surface area contributed by atoms with Crippen LogP contribution >= 0.6 is 0 Å². The minimum atomic E-state index is 0.915. The topological polar surface area (TPSA) is 12.0 Å². The SMILES string of the molecule is CCCNC(C1CC1)C1C2CCCCC21. The van der Waals surface area contributed by atoms with Gasteiger partial charge in [0.15, 0.2) is 0 Å². The summed E-state index contributed by atoms with van der Waals surface area (Å²) >= 11 is 0. The zero-order chi connectivity index (χ0) is 10.3. The standard InChI is InChI=1S/C14H25N/c1-2-9-15-14(10-7-8-10)13-11-5-3-4-6-12(11)13/h10-15H,2-9H2,1H3. The second-order valence-electron chi connectivity index (χ2n) is 6.01. The third-order valence-corrected chi connectivity index (χ3v) is 4.90. The van der Waals surface area contributed by atoms with Crippen molar-refractivity contribution in [3.05, 3.63) is 0 Å². The van der Waals surface area contributed by atoms with Gasteiger partial charge in [-0.1, -0.05) is 19.8 Å². The molecule has 0 aliphatic heterocycles. The normalized spacial score (nSPS) is 41.0. The highest BCUT2D eigenvalue weighted by Gasteiger charge is 2.56. The van der Waals surface area contributed by atoms with Gasteiger partial charge in [0.05, 0.1) is 0 Å². The van der Waals surface area contributed by atoms with Crippen molar-refractivity contribution in [3.63, 3.8) is 0 Å². The molecule has 0 aromatic heterocycles. The largest absolute Gasteiger partial charge is 0.313 e. The summed E-state index contributed by atoms with van der Waals surface area (Å²) in [6.07, 6.45) is 10.4. The van der Waals surface area contributed by atoms with Gasteiger partial charge in [0, 0.05) is 6.04 Å². The number of nitrogens with one attached hydrogen (secondary N) is 1. The summed E-state index contributed by atoms with van der Waals surface area (Å²) < 4.78 is 0. The lowest BCUT2D eigenvalue weighted by molar-refractivity contribution is 0.390. The van der Waals surface area contributed by atoms with Crippen molar-refractivity contribution in [1.29, 1.82) is 0 Å². The maximum Gasteiger partial charge on any atom is 0.0129 e. The Hall–Kier alpha value is -0.0400. The van der Waals surface area contributed by atoms with E-state index < -0.39 is 0 Å². The highest BCUT2D eigenvalue weighted by molar-refractivity contribution is 5.08. The van der Waals surface area contributed by atoms with Gasteiger partial charge < -0.3 is 5.32 Å². The van der Waals surface area contributed by atoms with Crippen molar-refractivity contribution < 1.29 is 0 Å². The van der Waals surface area contributed by atoms with Gasteiger partial charge in [0.2, 0.25) is 0 Å². The first-order valence-electron chi connectivity index (χ1n) is 7.15. The summed E-state index contributed by atoms with van der Waals surface area (Å²) in [4.78, 5) is 0. The Kier molecular flexibility index (Phi) is 2.76. The van der Waals surface area contributed by atoms with E-state index in [0.717, 1.165) is 29.7 Å². The van der Waals surface area contributed by atoms with Crippen LogP contribution in [-0.4, -0.2) is 12.6 Å². The van der Waals surface area contributed by atoms with Crippen LogP contribution in [0.2, 0.25) is 0 Å². The van der Waals surface area contributed by atoms with E-state index in [1.54, 1.807) is 12.8 Å². The van der Waals surface area contributed by atoms with Gasteiger partial charge in [-0.25, -0.2) is 0 Å². The average molecular weight is 207 g/mol. The fourth-order valence-corrected chi connectivity index (χ4v) is 3.96. The maximum absolute atomic E-state index is 3.85. The summed E-state index contributed by atoms with van der Waals surface area (Å²) in [5.41, 5.74) is 0. The van der Waals surface area contributed by atoms with Gasteiger partial charge in [0.1, 0.15) is 0 Å². The molecule has 3 aliphatic carbocycles. The molecule has 3 atom stereocenters. The van der Waals surface area contributed by atoms with Gasteiger partial charge >= 0.3 is 0 Å². The Bertz CT molecular complexity index is 209. The first-order chi connectivity index (χ1) is 7.42. The zero-order valence-electron chi connectivity index (χ0n) is 10.0. The van der Waals surface area contributed by atoms with Crippen LogP contribution in [0.5, 0.6) is 0 Å². The van der Waals surface area contributed by atoms with Crippen LogP contribution in [0.4, 0.5) is 0 Å². The van der Waals surface area contributed by atoms with Crippen LogP contribution < -0.4 is 5.32 Å². The molecule has 0 saturated heterocycles. The Morgan fingerprint density at radius 2 is 1.73 bits per heavy atom. The molecule has 1 heteroatoms. The van der Waals surface area contributed by atoms with Crippen molar-refractivity contribution in [3.8, 4) is 0 Å². The first kappa shape index (κ1) is 10.1. The molecule has 3 unspecified atom stereocenters. The molecule has 0 radical (unpaired) electrons. The van der Waals surface area contributed by atoms with Gasteiger partial charge in [0.25, 0.3) is 0 Å². The van der Waals surface area contributed by atoms with E-state index in [2.05, 4.69) is 12.2 Å². The third kappa shape index (κ3) is 1.95. The molecule has 3 aliphatic rings. The van der Waals surface area contributed by atoms with E-state index in [-0.39, 0.29) is 0 Å². The molecule has 3 fully saturated rings. The molecule has 0 spiro atoms. The first-order valence-corrected chi connectivity index (χ1v) is 7.15. The lowest BCUT2D eigenvalue weighted by Gasteiger charge is -2.18.